The molecule has 1 aromatic carbocycles. The highest BCUT2D eigenvalue weighted by molar-refractivity contribution is 5.84. The third-order valence-electron chi connectivity index (χ3n) is 6.79. The molecule has 0 spiro atoms. The fraction of sp³-hybridized carbons (Fsp3) is 0.600. The summed E-state index contributed by atoms with van der Waals surface area (Å²) in [5.74, 6) is 0.316. The van der Waals surface area contributed by atoms with E-state index >= 15 is 4.39 Å². The Hall–Kier alpha value is -2.48. The first-order valence-electron chi connectivity index (χ1n) is 11.5. The molecule has 0 aliphatic carbocycles. The van der Waals surface area contributed by atoms with Crippen molar-refractivity contribution in [2.75, 3.05) is 43.6 Å². The number of fused-ring (bicyclic) bond motifs is 3. The zero-order valence-corrected chi connectivity index (χ0v) is 20.6. The number of rotatable bonds is 3. The van der Waals surface area contributed by atoms with Crippen molar-refractivity contribution in [2.45, 2.75) is 58.5 Å². The number of piperazine rings is 1. The number of para-hydroxylation sites is 1. The lowest BCUT2D eigenvalue weighted by atomic mass is 9.70. The highest BCUT2D eigenvalue weighted by Gasteiger charge is 2.55. The standard InChI is InChI=1S/C25H35F2N5O/c1-23(2,3)17-18(15-9-8-10-16(27)20(15)33-7)30-31-21-19(17)32-12-11-28-14-25(32,13-26)22(29-21)24(4,5)6/h8-10,22,28H,11-14H2,1-7H3,(H,29,31). The van der Waals surface area contributed by atoms with Crippen molar-refractivity contribution in [3.63, 3.8) is 0 Å². The number of alkyl halides is 1. The van der Waals surface area contributed by atoms with E-state index in [1.807, 2.05) is 0 Å². The molecule has 33 heavy (non-hydrogen) atoms. The Balaban J connectivity index is 2.05. The van der Waals surface area contributed by atoms with Crippen LogP contribution in [-0.2, 0) is 5.41 Å². The summed E-state index contributed by atoms with van der Waals surface area (Å²) in [7, 11) is 1.45. The van der Waals surface area contributed by atoms with Crippen LogP contribution in [0.5, 0.6) is 5.75 Å². The van der Waals surface area contributed by atoms with Crippen molar-refractivity contribution in [2.24, 2.45) is 5.41 Å². The predicted octanol–water partition coefficient (Wildman–Crippen LogP) is 4.55. The monoisotopic (exact) mass is 459 g/mol. The minimum absolute atomic E-state index is 0.130. The number of ether oxygens (including phenoxy) is 1. The van der Waals surface area contributed by atoms with Crippen LogP contribution in [0.15, 0.2) is 18.2 Å². The maximum atomic E-state index is 15.1. The zero-order chi connectivity index (χ0) is 24.2. The van der Waals surface area contributed by atoms with Gasteiger partial charge in [-0.15, -0.1) is 10.2 Å². The van der Waals surface area contributed by atoms with Crippen molar-refractivity contribution in [1.82, 2.24) is 15.5 Å². The zero-order valence-electron chi connectivity index (χ0n) is 20.6. The maximum Gasteiger partial charge on any atom is 0.173 e. The second kappa shape index (κ2) is 8.08. The lowest BCUT2D eigenvalue weighted by molar-refractivity contribution is 0.148. The van der Waals surface area contributed by atoms with Gasteiger partial charge in [0.2, 0.25) is 0 Å². The summed E-state index contributed by atoms with van der Waals surface area (Å²) >= 11 is 0. The summed E-state index contributed by atoms with van der Waals surface area (Å²) in [6.07, 6.45) is 0. The van der Waals surface area contributed by atoms with E-state index in [1.165, 1.54) is 13.2 Å². The van der Waals surface area contributed by atoms with E-state index in [0.29, 0.717) is 30.2 Å². The molecule has 2 unspecified atom stereocenters. The van der Waals surface area contributed by atoms with Crippen molar-refractivity contribution in [3.8, 4) is 17.0 Å². The van der Waals surface area contributed by atoms with E-state index in [4.69, 9.17) is 4.74 Å². The van der Waals surface area contributed by atoms with Crippen LogP contribution in [0.25, 0.3) is 11.3 Å². The van der Waals surface area contributed by atoms with Crippen molar-refractivity contribution in [3.05, 3.63) is 29.6 Å². The number of nitrogens with zero attached hydrogens (tertiary/aromatic N) is 3. The van der Waals surface area contributed by atoms with Crippen LogP contribution < -0.4 is 20.3 Å². The van der Waals surface area contributed by atoms with Gasteiger partial charge in [-0.25, -0.2) is 8.78 Å². The van der Waals surface area contributed by atoms with Gasteiger partial charge in [-0.2, -0.15) is 0 Å². The number of hydrogen-bond donors (Lipinski definition) is 2. The number of aromatic nitrogens is 2. The Bertz CT molecular complexity index is 1050. The summed E-state index contributed by atoms with van der Waals surface area (Å²) < 4.78 is 35.1. The second-order valence-corrected chi connectivity index (χ2v) is 11.2. The van der Waals surface area contributed by atoms with Gasteiger partial charge in [0, 0.05) is 30.8 Å². The number of anilines is 2. The number of hydrogen-bond acceptors (Lipinski definition) is 6. The van der Waals surface area contributed by atoms with E-state index in [1.54, 1.807) is 12.1 Å². The summed E-state index contributed by atoms with van der Waals surface area (Å²) in [6, 6.07) is 4.62. The quantitative estimate of drug-likeness (QED) is 0.702. The first-order valence-corrected chi connectivity index (χ1v) is 11.5. The van der Waals surface area contributed by atoms with Gasteiger partial charge in [0.05, 0.1) is 18.8 Å². The summed E-state index contributed by atoms with van der Waals surface area (Å²) in [5, 5.41) is 16.1. The van der Waals surface area contributed by atoms with Crippen LogP contribution in [0, 0.1) is 11.2 Å². The molecule has 4 rings (SSSR count). The first-order chi connectivity index (χ1) is 15.5. The fourth-order valence-corrected chi connectivity index (χ4v) is 5.49. The molecule has 2 aromatic rings. The third-order valence-corrected chi connectivity index (χ3v) is 6.79. The molecule has 0 bridgehead atoms. The largest absolute Gasteiger partial charge is 0.493 e. The Labute approximate surface area is 195 Å². The number of nitrogens with one attached hydrogen (secondary N) is 2. The van der Waals surface area contributed by atoms with E-state index in [-0.39, 0.29) is 22.6 Å². The minimum atomic E-state index is -0.782. The highest BCUT2D eigenvalue weighted by atomic mass is 19.1. The van der Waals surface area contributed by atoms with Crippen LogP contribution in [0.4, 0.5) is 20.3 Å². The van der Waals surface area contributed by atoms with Crippen LogP contribution in [-0.4, -0.2) is 55.2 Å². The number of benzene rings is 1. The Morgan fingerprint density at radius 2 is 1.91 bits per heavy atom. The molecule has 2 aliphatic rings. The Morgan fingerprint density at radius 1 is 1.18 bits per heavy atom. The van der Waals surface area contributed by atoms with Crippen LogP contribution in [0.3, 0.4) is 0 Å². The van der Waals surface area contributed by atoms with E-state index in [0.717, 1.165) is 17.8 Å². The van der Waals surface area contributed by atoms with E-state index < -0.39 is 18.0 Å². The molecule has 1 fully saturated rings. The molecular weight excluding hydrogens is 424 g/mol. The molecule has 6 nitrogen and oxygen atoms in total. The number of halogens is 2. The second-order valence-electron chi connectivity index (χ2n) is 11.2. The molecule has 0 radical (unpaired) electrons. The molecule has 8 heteroatoms. The van der Waals surface area contributed by atoms with E-state index in [2.05, 4.69) is 67.3 Å². The molecule has 1 aromatic heterocycles. The lowest BCUT2D eigenvalue weighted by Crippen LogP contribution is -2.74. The van der Waals surface area contributed by atoms with Crippen LogP contribution in [0.2, 0.25) is 0 Å². The number of methoxy groups -OCH3 is 1. The third kappa shape index (κ3) is 3.72. The average molecular weight is 460 g/mol. The predicted molar refractivity (Wildman–Crippen MR) is 128 cm³/mol. The van der Waals surface area contributed by atoms with Gasteiger partial charge in [-0.05, 0) is 23.0 Å². The van der Waals surface area contributed by atoms with E-state index in [9.17, 15) is 4.39 Å². The fourth-order valence-electron chi connectivity index (χ4n) is 5.49. The van der Waals surface area contributed by atoms with Gasteiger partial charge in [0.1, 0.15) is 17.9 Å². The van der Waals surface area contributed by atoms with Gasteiger partial charge >= 0.3 is 0 Å². The summed E-state index contributed by atoms with van der Waals surface area (Å²) in [5.41, 5.74) is 1.45. The summed E-state index contributed by atoms with van der Waals surface area (Å²) in [4.78, 5) is 2.19. The topological polar surface area (TPSA) is 62.3 Å². The summed E-state index contributed by atoms with van der Waals surface area (Å²) in [6.45, 7) is 14.0. The van der Waals surface area contributed by atoms with Gasteiger partial charge in [0.15, 0.2) is 17.4 Å². The van der Waals surface area contributed by atoms with Crippen molar-refractivity contribution < 1.29 is 13.5 Å². The molecule has 0 saturated carbocycles. The highest BCUT2D eigenvalue weighted by Crippen LogP contribution is 2.51. The van der Waals surface area contributed by atoms with Crippen molar-refractivity contribution >= 4 is 11.5 Å². The molecule has 2 aliphatic heterocycles. The first kappa shape index (κ1) is 23.7. The smallest absolute Gasteiger partial charge is 0.173 e. The van der Waals surface area contributed by atoms with Crippen LogP contribution >= 0.6 is 0 Å². The molecule has 2 atom stereocenters. The molecule has 180 valence electrons. The van der Waals surface area contributed by atoms with Crippen LogP contribution in [0.1, 0.15) is 47.1 Å². The van der Waals surface area contributed by atoms with Gasteiger partial charge in [0.25, 0.3) is 0 Å². The molecular formula is C25H35F2N5O. The average Bonchev–Trinajstić information content (AvgIpc) is 2.76. The lowest BCUT2D eigenvalue weighted by Gasteiger charge is -2.58. The van der Waals surface area contributed by atoms with Gasteiger partial charge in [-0.1, -0.05) is 47.6 Å². The Morgan fingerprint density at radius 3 is 2.52 bits per heavy atom. The normalized spacial score (nSPS) is 22.9. The minimum Gasteiger partial charge on any atom is -0.493 e. The van der Waals surface area contributed by atoms with Gasteiger partial charge in [-0.3, -0.25) is 0 Å². The maximum absolute atomic E-state index is 15.1. The SMILES string of the molecule is COc1c(F)cccc1-c1nnc2c(c1C(C)(C)C)N1CCNCC1(CF)C(C(C)(C)C)N2. The van der Waals surface area contributed by atoms with Crippen molar-refractivity contribution in [1.29, 1.82) is 0 Å². The molecule has 1 saturated heterocycles. The molecule has 3 heterocycles. The molecule has 2 N–H and O–H groups in total. The Kier molecular flexibility index (Phi) is 5.79. The van der Waals surface area contributed by atoms with Gasteiger partial charge < -0.3 is 20.3 Å². The molecule has 0 amide bonds.